The smallest absolute Gasteiger partial charge is 0.253 e. The molecule has 192 valence electrons. The Balaban J connectivity index is 1.51. The van der Waals surface area contributed by atoms with E-state index >= 15 is 0 Å². The zero-order valence-corrected chi connectivity index (χ0v) is 22.6. The molecule has 36 heavy (non-hydrogen) atoms. The third-order valence-corrected chi connectivity index (χ3v) is 9.52. The van der Waals surface area contributed by atoms with Crippen LogP contribution in [0.15, 0.2) is 61.2 Å². The first-order chi connectivity index (χ1) is 17.4. The third kappa shape index (κ3) is 4.03. The molecule has 2 aromatic carbocycles. The maximum atomic E-state index is 13.0. The Morgan fingerprint density at radius 1 is 1.11 bits per heavy atom. The summed E-state index contributed by atoms with van der Waals surface area (Å²) >= 11 is 0. The Morgan fingerprint density at radius 2 is 1.86 bits per heavy atom. The van der Waals surface area contributed by atoms with Crippen LogP contribution < -0.4 is 0 Å². The van der Waals surface area contributed by atoms with Gasteiger partial charge in [0.1, 0.15) is 0 Å². The molecule has 1 aliphatic carbocycles. The second-order valence-electron chi connectivity index (χ2n) is 11.2. The Kier molecular flexibility index (Phi) is 7.11. The summed E-state index contributed by atoms with van der Waals surface area (Å²) in [5.41, 5.74) is 4.92. The van der Waals surface area contributed by atoms with Gasteiger partial charge >= 0.3 is 0 Å². The molecule has 3 aliphatic rings. The molecule has 0 spiro atoms. The fourth-order valence-corrected chi connectivity index (χ4v) is 7.58. The summed E-state index contributed by atoms with van der Waals surface area (Å²) < 4.78 is 0. The zero-order valence-electron chi connectivity index (χ0n) is 22.6. The fourth-order valence-electron chi connectivity index (χ4n) is 7.58. The molecular formula is C32H43N3O. The number of fused-ring (bicyclic) bond motifs is 1. The van der Waals surface area contributed by atoms with E-state index in [1.165, 1.54) is 42.4 Å². The lowest BCUT2D eigenvalue weighted by Crippen LogP contribution is -2.81. The van der Waals surface area contributed by atoms with E-state index in [0.29, 0.717) is 6.04 Å². The molecule has 2 aromatic rings. The van der Waals surface area contributed by atoms with Crippen LogP contribution in [0, 0.1) is 12.8 Å². The largest absolute Gasteiger partial charge is 0.339 e. The highest BCUT2D eigenvalue weighted by molar-refractivity contribution is 5.94. The van der Waals surface area contributed by atoms with Crippen molar-refractivity contribution in [3.8, 4) is 0 Å². The van der Waals surface area contributed by atoms with Gasteiger partial charge in [0.05, 0.1) is 6.04 Å². The molecule has 5 rings (SSSR count). The van der Waals surface area contributed by atoms with Gasteiger partial charge in [-0.25, -0.2) is 0 Å². The number of amides is 1. The number of hydrogen-bond donors (Lipinski definition) is 0. The van der Waals surface area contributed by atoms with Gasteiger partial charge in [-0.15, -0.1) is 6.58 Å². The van der Waals surface area contributed by atoms with Gasteiger partial charge in [-0.2, -0.15) is 0 Å². The van der Waals surface area contributed by atoms with Crippen molar-refractivity contribution in [1.29, 1.82) is 0 Å². The maximum absolute atomic E-state index is 13.0. The number of aryl methyl sites for hydroxylation is 1. The van der Waals surface area contributed by atoms with Crippen molar-refractivity contribution in [3.63, 3.8) is 0 Å². The predicted molar refractivity (Wildman–Crippen MR) is 148 cm³/mol. The molecule has 4 heteroatoms. The van der Waals surface area contributed by atoms with Crippen molar-refractivity contribution in [2.45, 2.75) is 77.0 Å². The van der Waals surface area contributed by atoms with Crippen LogP contribution in [0.2, 0.25) is 0 Å². The lowest BCUT2D eigenvalue weighted by atomic mass is 9.54. The average molecular weight is 486 g/mol. The predicted octanol–water partition coefficient (Wildman–Crippen LogP) is 6.07. The van der Waals surface area contributed by atoms with Crippen molar-refractivity contribution < 1.29 is 4.79 Å². The van der Waals surface area contributed by atoms with E-state index in [2.05, 4.69) is 72.7 Å². The monoisotopic (exact) mass is 485 g/mol. The van der Waals surface area contributed by atoms with E-state index in [1.54, 1.807) is 0 Å². The van der Waals surface area contributed by atoms with Crippen LogP contribution in [-0.4, -0.2) is 64.4 Å². The molecule has 1 saturated carbocycles. The molecule has 5 atom stereocenters. The molecule has 5 unspecified atom stereocenters. The molecule has 3 fully saturated rings. The van der Waals surface area contributed by atoms with Crippen molar-refractivity contribution in [2.24, 2.45) is 5.92 Å². The minimum Gasteiger partial charge on any atom is -0.339 e. The molecule has 2 aliphatic heterocycles. The summed E-state index contributed by atoms with van der Waals surface area (Å²) in [6.07, 6.45) is 7.27. The first kappa shape index (κ1) is 25.2. The SMILES string of the molecule is C=CCN1C2CCC2C1(C)C1CCCN1C(c1ccc(C(=O)N(CC)CC)cc1)c1cccc(C)c1. The number of benzene rings is 2. The van der Waals surface area contributed by atoms with Crippen LogP contribution >= 0.6 is 0 Å². The first-order valence-corrected chi connectivity index (χ1v) is 14.0. The highest BCUT2D eigenvalue weighted by Gasteiger charge is 2.65. The molecule has 0 radical (unpaired) electrons. The number of hydrogen-bond acceptors (Lipinski definition) is 3. The Labute approximate surface area is 218 Å². The van der Waals surface area contributed by atoms with Gasteiger partial charge in [0.2, 0.25) is 0 Å². The molecule has 0 aromatic heterocycles. The summed E-state index contributed by atoms with van der Waals surface area (Å²) in [4.78, 5) is 20.4. The van der Waals surface area contributed by atoms with Crippen LogP contribution in [0.3, 0.4) is 0 Å². The van der Waals surface area contributed by atoms with Gasteiger partial charge in [0, 0.05) is 42.8 Å². The fraction of sp³-hybridized carbons (Fsp3) is 0.531. The van der Waals surface area contributed by atoms with E-state index < -0.39 is 0 Å². The lowest BCUT2D eigenvalue weighted by Gasteiger charge is -2.71. The van der Waals surface area contributed by atoms with Gasteiger partial charge in [-0.1, -0.05) is 48.0 Å². The summed E-state index contributed by atoms with van der Waals surface area (Å²) in [6, 6.07) is 19.0. The van der Waals surface area contributed by atoms with Crippen LogP contribution in [0.1, 0.15) is 79.5 Å². The molecule has 1 amide bonds. The zero-order chi connectivity index (χ0) is 25.4. The summed E-state index contributed by atoms with van der Waals surface area (Å²) in [5.74, 6) is 0.922. The van der Waals surface area contributed by atoms with Crippen molar-refractivity contribution in [2.75, 3.05) is 26.2 Å². The average Bonchev–Trinajstić information content (AvgIpc) is 3.34. The highest BCUT2D eigenvalue weighted by Crippen LogP contribution is 2.58. The second-order valence-corrected chi connectivity index (χ2v) is 11.2. The number of carbonyl (C=O) groups excluding carboxylic acids is 1. The molecule has 0 N–H and O–H groups in total. The molecule has 4 nitrogen and oxygen atoms in total. The Bertz CT molecular complexity index is 1090. The van der Waals surface area contributed by atoms with Gasteiger partial charge in [0.15, 0.2) is 0 Å². The summed E-state index contributed by atoms with van der Waals surface area (Å²) in [5, 5.41) is 0. The summed E-state index contributed by atoms with van der Waals surface area (Å²) in [6.45, 7) is 16.4. The van der Waals surface area contributed by atoms with Crippen molar-refractivity contribution >= 4 is 5.91 Å². The standard InChI is InChI=1S/C32H43N3O/c1-6-20-35-28-19-18-27(28)32(35,5)29-13-10-21-34(29)30(26-12-9-11-23(4)22-26)24-14-16-25(17-15-24)31(36)33(7-2)8-3/h6,9,11-12,14-17,22,27-30H,1,7-8,10,13,18-21H2,2-5H3. The summed E-state index contributed by atoms with van der Waals surface area (Å²) in [7, 11) is 0. The topological polar surface area (TPSA) is 26.8 Å². The molecule has 0 bridgehead atoms. The lowest BCUT2D eigenvalue weighted by molar-refractivity contribution is -0.207. The van der Waals surface area contributed by atoms with Gasteiger partial charge in [-0.05, 0) is 89.1 Å². The maximum Gasteiger partial charge on any atom is 0.253 e. The van der Waals surface area contributed by atoms with Gasteiger partial charge in [-0.3, -0.25) is 14.6 Å². The van der Waals surface area contributed by atoms with Crippen LogP contribution in [0.25, 0.3) is 0 Å². The van der Waals surface area contributed by atoms with Crippen LogP contribution in [0.4, 0.5) is 0 Å². The van der Waals surface area contributed by atoms with Crippen LogP contribution in [-0.2, 0) is 0 Å². The Morgan fingerprint density at radius 3 is 2.47 bits per heavy atom. The molecule has 2 heterocycles. The van der Waals surface area contributed by atoms with E-state index in [1.807, 2.05) is 30.9 Å². The van der Waals surface area contributed by atoms with E-state index in [-0.39, 0.29) is 17.5 Å². The van der Waals surface area contributed by atoms with Crippen molar-refractivity contribution in [1.82, 2.24) is 14.7 Å². The van der Waals surface area contributed by atoms with Crippen molar-refractivity contribution in [3.05, 3.63) is 83.4 Å². The number of rotatable bonds is 9. The quantitative estimate of drug-likeness (QED) is 0.403. The number of piperidine rings is 1. The van der Waals surface area contributed by atoms with E-state index in [0.717, 1.165) is 43.7 Å². The number of carbonyl (C=O) groups is 1. The van der Waals surface area contributed by atoms with E-state index in [9.17, 15) is 4.79 Å². The molecule has 2 saturated heterocycles. The van der Waals surface area contributed by atoms with Gasteiger partial charge < -0.3 is 4.90 Å². The Hall–Kier alpha value is -2.43. The van der Waals surface area contributed by atoms with Gasteiger partial charge in [0.25, 0.3) is 5.91 Å². The van der Waals surface area contributed by atoms with E-state index in [4.69, 9.17) is 0 Å². The highest BCUT2D eigenvalue weighted by atomic mass is 16.2. The second kappa shape index (κ2) is 10.1. The number of nitrogens with zero attached hydrogens (tertiary/aromatic N) is 3. The van der Waals surface area contributed by atoms with Crippen LogP contribution in [0.5, 0.6) is 0 Å². The first-order valence-electron chi connectivity index (χ1n) is 14.0. The minimum absolute atomic E-state index is 0.121. The molecular weight excluding hydrogens is 442 g/mol. The number of likely N-dealkylation sites (tertiary alicyclic amines) is 2. The third-order valence-electron chi connectivity index (χ3n) is 9.52. The normalized spacial score (nSPS) is 28.6. The minimum atomic E-state index is 0.121.